The summed E-state index contributed by atoms with van der Waals surface area (Å²) in [5.41, 5.74) is 2.69. The van der Waals surface area contributed by atoms with Gasteiger partial charge in [0.25, 0.3) is 0 Å². The maximum atomic E-state index is 3.63. The van der Waals surface area contributed by atoms with Gasteiger partial charge < -0.3 is 0 Å². The van der Waals surface area contributed by atoms with E-state index in [0.29, 0.717) is 0 Å². The summed E-state index contributed by atoms with van der Waals surface area (Å²) in [7, 11) is 0. The molecule has 0 atom stereocenters. The van der Waals surface area contributed by atoms with Crippen molar-refractivity contribution < 1.29 is 0 Å². The van der Waals surface area contributed by atoms with Gasteiger partial charge >= 0.3 is 0 Å². The van der Waals surface area contributed by atoms with Gasteiger partial charge in [-0.3, -0.25) is 0 Å². The lowest BCUT2D eigenvalue weighted by molar-refractivity contribution is 1.09. The van der Waals surface area contributed by atoms with Crippen LogP contribution < -0.4 is 0 Å². The molecule has 0 saturated carbocycles. The van der Waals surface area contributed by atoms with Crippen molar-refractivity contribution in [2.24, 2.45) is 0 Å². The van der Waals surface area contributed by atoms with Crippen LogP contribution in [0.1, 0.15) is 27.2 Å². The summed E-state index contributed by atoms with van der Waals surface area (Å²) < 4.78 is 0. The average Bonchev–Trinajstić information content (AvgIpc) is 1.88. The Hall–Kier alpha value is -0.780. The first-order valence-electron chi connectivity index (χ1n) is 3.67. The second-order valence-electron chi connectivity index (χ2n) is 2.49. The Morgan fingerprint density at radius 2 is 2.00 bits per heavy atom. The van der Waals surface area contributed by atoms with Crippen LogP contribution in [0, 0.1) is 0 Å². The van der Waals surface area contributed by atoms with Gasteiger partial charge in [0.05, 0.1) is 0 Å². The smallest absolute Gasteiger partial charge is 0.0348 e. The highest BCUT2D eigenvalue weighted by Crippen LogP contribution is 2.04. The lowest BCUT2D eigenvalue weighted by Crippen LogP contribution is -1.73. The maximum absolute atomic E-state index is 3.63. The molecule has 0 saturated heterocycles. The Balaban J connectivity index is 4.11. The van der Waals surface area contributed by atoms with Crippen LogP contribution in [0.2, 0.25) is 0 Å². The molecular weight excluding hydrogens is 120 g/mol. The third-order valence-electron chi connectivity index (χ3n) is 1.41. The molecule has 10 heavy (non-hydrogen) atoms. The highest BCUT2D eigenvalue weighted by atomic mass is 13.9. The zero-order valence-electron chi connectivity index (χ0n) is 7.15. The number of rotatable bonds is 3. The molecule has 0 spiro atoms. The molecule has 56 valence electrons. The SMILES string of the molecule is C=C/C=C(/C)C=C(C)CC. The van der Waals surface area contributed by atoms with Crippen molar-refractivity contribution in [2.45, 2.75) is 27.2 Å². The number of allylic oxidation sites excluding steroid dienone is 5. The van der Waals surface area contributed by atoms with Gasteiger partial charge in [-0.05, 0) is 20.3 Å². The van der Waals surface area contributed by atoms with Gasteiger partial charge in [-0.15, -0.1) is 0 Å². The third kappa shape index (κ3) is 4.13. The Kier molecular flexibility index (Phi) is 4.65. The first kappa shape index (κ1) is 9.22. The van der Waals surface area contributed by atoms with Crippen molar-refractivity contribution in [1.29, 1.82) is 0 Å². The van der Waals surface area contributed by atoms with Crippen molar-refractivity contribution in [1.82, 2.24) is 0 Å². The van der Waals surface area contributed by atoms with Gasteiger partial charge in [0.1, 0.15) is 0 Å². The zero-order valence-corrected chi connectivity index (χ0v) is 7.15. The molecule has 0 aromatic heterocycles. The van der Waals surface area contributed by atoms with Gasteiger partial charge in [-0.1, -0.05) is 42.9 Å². The van der Waals surface area contributed by atoms with Crippen molar-refractivity contribution >= 4 is 0 Å². The minimum absolute atomic E-state index is 1.13. The van der Waals surface area contributed by atoms with E-state index in [4.69, 9.17) is 0 Å². The standard InChI is InChI=1S/C10H16/c1-5-7-10(4)8-9(3)6-2/h5,7-8H,1,6H2,2-4H3/b9-8?,10-7-. The molecule has 0 heterocycles. The Bertz CT molecular complexity index is 159. The molecule has 0 bridgehead atoms. The van der Waals surface area contributed by atoms with Crippen LogP contribution in [0.5, 0.6) is 0 Å². The summed E-state index contributed by atoms with van der Waals surface area (Å²) in [6, 6.07) is 0. The molecule has 0 aliphatic heterocycles. The van der Waals surface area contributed by atoms with E-state index in [1.807, 2.05) is 12.2 Å². The number of hydrogen-bond donors (Lipinski definition) is 0. The molecule has 0 N–H and O–H groups in total. The molecule has 0 rings (SSSR count). The molecule has 0 aromatic rings. The average molecular weight is 136 g/mol. The van der Waals surface area contributed by atoms with Crippen molar-refractivity contribution in [2.75, 3.05) is 0 Å². The lowest BCUT2D eigenvalue weighted by atomic mass is 10.1. The van der Waals surface area contributed by atoms with Crippen LogP contribution in [0.4, 0.5) is 0 Å². The van der Waals surface area contributed by atoms with E-state index < -0.39 is 0 Å². The quantitative estimate of drug-likeness (QED) is 0.521. The Morgan fingerprint density at radius 1 is 1.40 bits per heavy atom. The van der Waals surface area contributed by atoms with Crippen LogP contribution >= 0.6 is 0 Å². The first-order valence-corrected chi connectivity index (χ1v) is 3.67. The van der Waals surface area contributed by atoms with Crippen LogP contribution in [-0.2, 0) is 0 Å². The summed E-state index contributed by atoms with van der Waals surface area (Å²) in [5, 5.41) is 0. The van der Waals surface area contributed by atoms with E-state index in [2.05, 4.69) is 33.4 Å². The summed E-state index contributed by atoms with van der Waals surface area (Å²) in [4.78, 5) is 0. The fraction of sp³-hybridized carbons (Fsp3) is 0.400. The topological polar surface area (TPSA) is 0 Å². The third-order valence-corrected chi connectivity index (χ3v) is 1.41. The second kappa shape index (κ2) is 5.04. The largest absolute Gasteiger partial charge is 0.0991 e. The molecule has 0 aliphatic carbocycles. The zero-order chi connectivity index (χ0) is 7.98. The normalized spacial score (nSPS) is 13.5. The van der Waals surface area contributed by atoms with E-state index in [9.17, 15) is 0 Å². The molecule has 0 nitrogen and oxygen atoms in total. The second-order valence-corrected chi connectivity index (χ2v) is 2.49. The van der Waals surface area contributed by atoms with E-state index in [0.717, 1.165) is 6.42 Å². The van der Waals surface area contributed by atoms with Gasteiger partial charge in [-0.2, -0.15) is 0 Å². The van der Waals surface area contributed by atoms with E-state index in [1.165, 1.54) is 11.1 Å². The molecule has 0 heteroatoms. The van der Waals surface area contributed by atoms with Gasteiger partial charge in [0.2, 0.25) is 0 Å². The maximum Gasteiger partial charge on any atom is -0.0348 e. The summed E-state index contributed by atoms with van der Waals surface area (Å²) in [5.74, 6) is 0. The fourth-order valence-electron chi connectivity index (χ4n) is 0.725. The summed E-state index contributed by atoms with van der Waals surface area (Å²) >= 11 is 0. The minimum Gasteiger partial charge on any atom is -0.0991 e. The molecular formula is C10H16. The van der Waals surface area contributed by atoms with Crippen LogP contribution in [0.3, 0.4) is 0 Å². The monoisotopic (exact) mass is 136 g/mol. The highest BCUT2D eigenvalue weighted by Gasteiger charge is 1.83. The summed E-state index contributed by atoms with van der Waals surface area (Å²) in [6.07, 6.45) is 7.14. The van der Waals surface area contributed by atoms with Gasteiger partial charge in [0.15, 0.2) is 0 Å². The molecule has 0 radical (unpaired) electrons. The predicted octanol–water partition coefficient (Wildman–Crippen LogP) is 3.48. The van der Waals surface area contributed by atoms with Crippen LogP contribution in [0.15, 0.2) is 36.0 Å². The van der Waals surface area contributed by atoms with E-state index in [-0.39, 0.29) is 0 Å². The lowest BCUT2D eigenvalue weighted by Gasteiger charge is -1.93. The van der Waals surface area contributed by atoms with Crippen molar-refractivity contribution in [3.63, 3.8) is 0 Å². The van der Waals surface area contributed by atoms with E-state index >= 15 is 0 Å². The van der Waals surface area contributed by atoms with Crippen LogP contribution in [0.25, 0.3) is 0 Å². The van der Waals surface area contributed by atoms with Gasteiger partial charge in [0, 0.05) is 0 Å². The molecule has 0 aromatic carbocycles. The minimum atomic E-state index is 1.13. The van der Waals surface area contributed by atoms with Crippen LogP contribution in [-0.4, -0.2) is 0 Å². The number of hydrogen-bond acceptors (Lipinski definition) is 0. The molecule has 0 unspecified atom stereocenters. The van der Waals surface area contributed by atoms with E-state index in [1.54, 1.807) is 0 Å². The van der Waals surface area contributed by atoms with Crippen molar-refractivity contribution in [3.05, 3.63) is 36.0 Å². The van der Waals surface area contributed by atoms with Gasteiger partial charge in [-0.25, -0.2) is 0 Å². The van der Waals surface area contributed by atoms with Crippen molar-refractivity contribution in [3.8, 4) is 0 Å². The summed E-state index contributed by atoms with van der Waals surface area (Å²) in [6.45, 7) is 10.0. The Morgan fingerprint density at radius 3 is 2.40 bits per heavy atom. The fourth-order valence-corrected chi connectivity index (χ4v) is 0.725. The molecule has 0 amide bonds. The molecule has 0 fully saturated rings. The molecule has 0 aliphatic rings. The Labute approximate surface area is 64.0 Å². The highest BCUT2D eigenvalue weighted by molar-refractivity contribution is 5.23. The first-order chi connectivity index (χ1) is 4.70. The predicted molar refractivity (Wildman–Crippen MR) is 48.0 cm³/mol.